The Morgan fingerprint density at radius 3 is 2.56 bits per heavy atom. The van der Waals surface area contributed by atoms with Gasteiger partial charge >= 0.3 is 0 Å². The molecule has 0 saturated carbocycles. The zero-order chi connectivity index (χ0) is 11.6. The topological polar surface area (TPSA) is 38.8 Å². The highest BCUT2D eigenvalue weighted by Gasteiger charge is 2.46. The van der Waals surface area contributed by atoms with Crippen molar-refractivity contribution in [1.29, 1.82) is 0 Å². The Hall–Kier alpha value is -1.61. The van der Waals surface area contributed by atoms with Crippen LogP contribution in [0, 0.1) is 0 Å². The van der Waals surface area contributed by atoms with Crippen LogP contribution in [0.15, 0.2) is 36.4 Å². The number of epoxide rings is 1. The Balaban J connectivity index is 2.23. The minimum atomic E-state index is -0.626. The molecule has 1 aliphatic heterocycles. The molecule has 0 N–H and O–H groups in total. The summed E-state index contributed by atoms with van der Waals surface area (Å²) < 4.78 is 10.3. The molecule has 1 unspecified atom stereocenters. The maximum atomic E-state index is 11.8. The summed E-state index contributed by atoms with van der Waals surface area (Å²) in [5, 5.41) is 0. The van der Waals surface area contributed by atoms with E-state index in [2.05, 4.69) is 0 Å². The van der Waals surface area contributed by atoms with Gasteiger partial charge in [-0.05, 0) is 6.92 Å². The van der Waals surface area contributed by atoms with Crippen LogP contribution in [-0.4, -0.2) is 25.1 Å². The van der Waals surface area contributed by atoms with Gasteiger partial charge in [0.2, 0.25) is 0 Å². The van der Waals surface area contributed by atoms with Crippen LogP contribution >= 0.6 is 0 Å². The lowest BCUT2D eigenvalue weighted by Crippen LogP contribution is -2.18. The van der Waals surface area contributed by atoms with E-state index in [0.29, 0.717) is 12.4 Å². The number of ketones is 1. The maximum Gasteiger partial charge on any atom is 0.193 e. The summed E-state index contributed by atoms with van der Waals surface area (Å²) in [5.41, 5.74) is 0.265. The second-order valence-electron chi connectivity index (χ2n) is 3.96. The number of ether oxygens (including phenoxy) is 2. The van der Waals surface area contributed by atoms with Crippen molar-refractivity contribution in [3.63, 3.8) is 0 Å². The van der Waals surface area contributed by atoms with Gasteiger partial charge < -0.3 is 9.47 Å². The molecule has 1 atom stereocenters. The first-order valence-corrected chi connectivity index (χ1v) is 5.15. The van der Waals surface area contributed by atoms with Gasteiger partial charge in [-0.15, -0.1) is 0 Å². The molecule has 1 heterocycles. The Bertz CT molecular complexity index is 416. The maximum absolute atomic E-state index is 11.8. The van der Waals surface area contributed by atoms with Crippen LogP contribution in [0.1, 0.15) is 12.5 Å². The van der Waals surface area contributed by atoms with Gasteiger partial charge in [0, 0.05) is 11.6 Å². The van der Waals surface area contributed by atoms with Crippen LogP contribution in [0.25, 0.3) is 5.76 Å². The highest BCUT2D eigenvalue weighted by atomic mass is 16.6. The first kappa shape index (κ1) is 10.9. The fourth-order valence-electron chi connectivity index (χ4n) is 1.38. The van der Waals surface area contributed by atoms with Gasteiger partial charge in [0.1, 0.15) is 5.76 Å². The van der Waals surface area contributed by atoms with Gasteiger partial charge in [0.25, 0.3) is 0 Å². The zero-order valence-corrected chi connectivity index (χ0v) is 9.40. The minimum absolute atomic E-state index is 0.0480. The summed E-state index contributed by atoms with van der Waals surface area (Å²) in [7, 11) is 1.56. The highest BCUT2D eigenvalue weighted by Crippen LogP contribution is 2.28. The third kappa shape index (κ3) is 2.14. The average molecular weight is 218 g/mol. The van der Waals surface area contributed by atoms with Crippen molar-refractivity contribution in [3.8, 4) is 0 Å². The second-order valence-corrected chi connectivity index (χ2v) is 3.96. The van der Waals surface area contributed by atoms with E-state index in [1.165, 1.54) is 6.08 Å². The number of hydrogen-bond donors (Lipinski definition) is 0. The van der Waals surface area contributed by atoms with Gasteiger partial charge in [-0.3, -0.25) is 4.79 Å². The molecule has 0 spiro atoms. The summed E-state index contributed by atoms with van der Waals surface area (Å²) in [6.45, 7) is 2.28. The number of benzene rings is 1. The lowest BCUT2D eigenvalue weighted by Gasteiger charge is -2.06. The quantitative estimate of drug-likeness (QED) is 0.441. The Morgan fingerprint density at radius 2 is 2.06 bits per heavy atom. The molecule has 1 aliphatic rings. The molecule has 0 amide bonds. The van der Waals surface area contributed by atoms with Crippen LogP contribution in [-0.2, 0) is 14.3 Å². The first-order chi connectivity index (χ1) is 7.65. The van der Waals surface area contributed by atoms with E-state index in [4.69, 9.17) is 9.47 Å². The van der Waals surface area contributed by atoms with E-state index < -0.39 is 5.60 Å². The zero-order valence-electron chi connectivity index (χ0n) is 9.40. The Morgan fingerprint density at radius 1 is 1.44 bits per heavy atom. The van der Waals surface area contributed by atoms with E-state index in [9.17, 15) is 4.79 Å². The molecule has 2 rings (SSSR count). The molecule has 0 aromatic heterocycles. The average Bonchev–Trinajstić information content (AvgIpc) is 3.06. The fraction of sp³-hybridized carbons (Fsp3) is 0.308. The molecule has 3 heteroatoms. The summed E-state index contributed by atoms with van der Waals surface area (Å²) in [4.78, 5) is 11.8. The summed E-state index contributed by atoms with van der Waals surface area (Å²) in [5.74, 6) is 0.524. The van der Waals surface area contributed by atoms with Crippen LogP contribution < -0.4 is 0 Å². The molecule has 1 saturated heterocycles. The van der Waals surface area contributed by atoms with Crippen molar-refractivity contribution in [2.75, 3.05) is 13.7 Å². The lowest BCUT2D eigenvalue weighted by atomic mass is 10.1. The van der Waals surface area contributed by atoms with Gasteiger partial charge in [0.15, 0.2) is 11.4 Å². The molecule has 84 valence electrons. The van der Waals surface area contributed by atoms with Crippen molar-refractivity contribution >= 4 is 11.5 Å². The minimum Gasteiger partial charge on any atom is -0.496 e. The highest BCUT2D eigenvalue weighted by molar-refractivity contribution is 6.02. The van der Waals surface area contributed by atoms with Crippen molar-refractivity contribution in [2.24, 2.45) is 0 Å². The van der Waals surface area contributed by atoms with Crippen LogP contribution in [0.5, 0.6) is 0 Å². The van der Waals surface area contributed by atoms with Crippen molar-refractivity contribution in [2.45, 2.75) is 12.5 Å². The molecule has 0 radical (unpaired) electrons. The normalized spacial score (nSPS) is 24.0. The van der Waals surface area contributed by atoms with Crippen LogP contribution in [0.2, 0.25) is 0 Å². The van der Waals surface area contributed by atoms with E-state index in [1.54, 1.807) is 14.0 Å². The standard InChI is InChI=1S/C13H14O3/c1-13(9-16-13)12(14)8-11(15-2)10-6-4-3-5-7-10/h3-8H,9H2,1-2H3. The van der Waals surface area contributed by atoms with Gasteiger partial charge in [0.05, 0.1) is 13.7 Å². The number of hydrogen-bond acceptors (Lipinski definition) is 3. The first-order valence-electron chi connectivity index (χ1n) is 5.15. The SMILES string of the molecule is COC(=CC(=O)C1(C)CO1)c1ccccc1. The summed E-state index contributed by atoms with van der Waals surface area (Å²) >= 11 is 0. The fourth-order valence-corrected chi connectivity index (χ4v) is 1.38. The number of carbonyl (C=O) groups is 1. The Labute approximate surface area is 94.7 Å². The molecule has 3 nitrogen and oxygen atoms in total. The van der Waals surface area contributed by atoms with Crippen molar-refractivity contribution in [1.82, 2.24) is 0 Å². The summed E-state index contributed by atoms with van der Waals surface area (Å²) in [6, 6.07) is 9.53. The summed E-state index contributed by atoms with van der Waals surface area (Å²) in [6.07, 6.45) is 1.50. The third-order valence-electron chi connectivity index (χ3n) is 2.64. The molecule has 0 aliphatic carbocycles. The van der Waals surface area contributed by atoms with E-state index in [-0.39, 0.29) is 5.78 Å². The van der Waals surface area contributed by atoms with E-state index >= 15 is 0 Å². The largest absolute Gasteiger partial charge is 0.496 e. The van der Waals surface area contributed by atoms with E-state index in [1.807, 2.05) is 30.3 Å². The molecule has 1 fully saturated rings. The van der Waals surface area contributed by atoms with Crippen molar-refractivity contribution < 1.29 is 14.3 Å². The predicted octanol–water partition coefficient (Wildman–Crippen LogP) is 2.03. The number of rotatable bonds is 4. The van der Waals surface area contributed by atoms with Gasteiger partial charge in [-0.2, -0.15) is 0 Å². The van der Waals surface area contributed by atoms with Crippen molar-refractivity contribution in [3.05, 3.63) is 42.0 Å². The van der Waals surface area contributed by atoms with E-state index in [0.717, 1.165) is 5.56 Å². The molecule has 1 aromatic rings. The molecule has 16 heavy (non-hydrogen) atoms. The lowest BCUT2D eigenvalue weighted by molar-refractivity contribution is -0.118. The molecule has 1 aromatic carbocycles. The monoisotopic (exact) mass is 218 g/mol. The molecule has 0 bridgehead atoms. The van der Waals surface area contributed by atoms with Gasteiger partial charge in [-0.1, -0.05) is 30.3 Å². The second kappa shape index (κ2) is 4.10. The van der Waals surface area contributed by atoms with Gasteiger partial charge in [-0.25, -0.2) is 0 Å². The smallest absolute Gasteiger partial charge is 0.193 e. The molecular weight excluding hydrogens is 204 g/mol. The third-order valence-corrected chi connectivity index (χ3v) is 2.64. The predicted molar refractivity (Wildman–Crippen MR) is 60.8 cm³/mol. The molecular formula is C13H14O3. The van der Waals surface area contributed by atoms with Crippen LogP contribution in [0.4, 0.5) is 0 Å². The number of carbonyl (C=O) groups excluding carboxylic acids is 1. The van der Waals surface area contributed by atoms with Crippen LogP contribution in [0.3, 0.4) is 0 Å². The number of methoxy groups -OCH3 is 1. The Kier molecular flexibility index (Phi) is 2.79.